The number of amides is 2. The second kappa shape index (κ2) is 9.73. The average molecular weight is 442 g/mol. The van der Waals surface area contributed by atoms with Gasteiger partial charge in [0.1, 0.15) is 5.75 Å². The van der Waals surface area contributed by atoms with Crippen LogP contribution in [0.15, 0.2) is 18.2 Å². The summed E-state index contributed by atoms with van der Waals surface area (Å²) in [6, 6.07) is 5.46. The van der Waals surface area contributed by atoms with Crippen molar-refractivity contribution in [3.05, 3.63) is 46.3 Å². The van der Waals surface area contributed by atoms with Crippen molar-refractivity contribution in [3.63, 3.8) is 0 Å². The van der Waals surface area contributed by atoms with Crippen molar-refractivity contribution in [2.24, 2.45) is 0 Å². The number of methoxy groups -OCH3 is 1. The first-order chi connectivity index (χ1) is 15.1. The molecule has 1 aromatic carbocycles. The largest absolute Gasteiger partial charge is 0.496 e. The molecule has 8 heteroatoms. The summed E-state index contributed by atoms with van der Waals surface area (Å²) in [7, 11) is 1.66. The lowest BCUT2D eigenvalue weighted by Crippen LogP contribution is -2.56. The second-order valence-corrected chi connectivity index (χ2v) is 9.46. The van der Waals surface area contributed by atoms with Crippen LogP contribution in [-0.2, 0) is 28.1 Å². The molecule has 0 spiro atoms. The monoisotopic (exact) mass is 441 g/mol. The second-order valence-electron chi connectivity index (χ2n) is 9.46. The van der Waals surface area contributed by atoms with Gasteiger partial charge in [0, 0.05) is 25.0 Å². The van der Waals surface area contributed by atoms with Gasteiger partial charge in [0.25, 0.3) is 0 Å². The minimum absolute atomic E-state index is 0.0581. The van der Waals surface area contributed by atoms with Crippen LogP contribution in [0.5, 0.6) is 5.75 Å². The number of H-pyrrole nitrogens is 1. The molecule has 1 aliphatic heterocycles. The third-order valence-electron chi connectivity index (χ3n) is 6.14. The van der Waals surface area contributed by atoms with Gasteiger partial charge in [0.2, 0.25) is 11.8 Å². The summed E-state index contributed by atoms with van der Waals surface area (Å²) in [5.41, 5.74) is 5.11. The highest BCUT2D eigenvalue weighted by Gasteiger charge is 2.32. The molecule has 174 valence electrons. The highest BCUT2D eigenvalue weighted by molar-refractivity contribution is 5.88. The normalized spacial score (nSPS) is 17.2. The van der Waals surface area contributed by atoms with E-state index in [2.05, 4.69) is 53.4 Å². The van der Waals surface area contributed by atoms with Crippen LogP contribution in [-0.4, -0.2) is 53.2 Å². The van der Waals surface area contributed by atoms with Gasteiger partial charge in [0.05, 0.1) is 37.5 Å². The topological polar surface area (TPSA) is 99.3 Å². The van der Waals surface area contributed by atoms with E-state index in [1.807, 2.05) is 25.1 Å². The predicted octanol–water partition coefficient (Wildman–Crippen LogP) is 2.34. The number of carbonyl (C=O) groups is 2. The zero-order valence-electron chi connectivity index (χ0n) is 20.0. The molecule has 2 heterocycles. The lowest BCUT2D eigenvalue weighted by molar-refractivity contribution is -0.134. The molecule has 32 heavy (non-hydrogen) atoms. The molecular formula is C24H35N5O3. The number of carbonyl (C=O) groups excluding carboxylic acids is 2. The summed E-state index contributed by atoms with van der Waals surface area (Å²) in [6.07, 6.45) is 0.111. The maximum Gasteiger partial charge on any atom is 0.237 e. The Kier molecular flexibility index (Phi) is 7.23. The molecule has 0 bridgehead atoms. The van der Waals surface area contributed by atoms with E-state index in [0.29, 0.717) is 26.2 Å². The van der Waals surface area contributed by atoms with Gasteiger partial charge in [-0.15, -0.1) is 0 Å². The number of benzene rings is 1. The smallest absolute Gasteiger partial charge is 0.237 e. The molecule has 1 atom stereocenters. The molecule has 0 aliphatic carbocycles. The Morgan fingerprint density at radius 1 is 1.28 bits per heavy atom. The van der Waals surface area contributed by atoms with E-state index >= 15 is 0 Å². The maximum absolute atomic E-state index is 12.7. The van der Waals surface area contributed by atoms with Gasteiger partial charge in [-0.05, 0) is 42.7 Å². The van der Waals surface area contributed by atoms with Crippen LogP contribution in [0.1, 0.15) is 55.3 Å². The van der Waals surface area contributed by atoms with Crippen LogP contribution in [0.3, 0.4) is 0 Å². The Hall–Kier alpha value is -2.87. The molecule has 1 saturated heterocycles. The Labute approximate surface area is 190 Å². The van der Waals surface area contributed by atoms with Crippen molar-refractivity contribution in [1.82, 2.24) is 25.7 Å². The number of nitrogens with one attached hydrogen (secondary N) is 3. The van der Waals surface area contributed by atoms with E-state index in [9.17, 15) is 9.59 Å². The molecule has 2 aromatic rings. The van der Waals surface area contributed by atoms with E-state index in [0.717, 1.165) is 33.8 Å². The van der Waals surface area contributed by atoms with Crippen molar-refractivity contribution in [3.8, 4) is 5.75 Å². The fourth-order valence-corrected chi connectivity index (χ4v) is 3.91. The third kappa shape index (κ3) is 5.48. The molecule has 0 saturated carbocycles. The maximum atomic E-state index is 12.7. The van der Waals surface area contributed by atoms with Gasteiger partial charge in [-0.3, -0.25) is 19.6 Å². The summed E-state index contributed by atoms with van der Waals surface area (Å²) in [5, 5.41) is 13.1. The van der Waals surface area contributed by atoms with Crippen LogP contribution in [0.2, 0.25) is 0 Å². The standard InChI is InChI=1S/C24H35N5O3/c1-15-16(2)20(32-6)8-7-17(15)14-29-10-9-25-23(31)19(29)12-22(30)26-13-18-11-21(28-27-18)24(3,4)5/h7-8,11,19H,9-10,12-14H2,1-6H3,(H,25,31)(H,26,30)(H,27,28). The van der Waals surface area contributed by atoms with E-state index in [1.54, 1.807) is 7.11 Å². The van der Waals surface area contributed by atoms with Crippen molar-refractivity contribution >= 4 is 11.8 Å². The lowest BCUT2D eigenvalue weighted by atomic mass is 9.92. The minimum atomic E-state index is -0.502. The average Bonchev–Trinajstić information content (AvgIpc) is 3.22. The summed E-state index contributed by atoms with van der Waals surface area (Å²) in [4.78, 5) is 27.4. The van der Waals surface area contributed by atoms with Gasteiger partial charge in [-0.2, -0.15) is 5.10 Å². The first-order valence-corrected chi connectivity index (χ1v) is 11.1. The number of hydrogen-bond donors (Lipinski definition) is 3. The third-order valence-corrected chi connectivity index (χ3v) is 6.14. The molecule has 1 unspecified atom stereocenters. The molecule has 2 amide bonds. The van der Waals surface area contributed by atoms with Crippen LogP contribution in [0.4, 0.5) is 0 Å². The molecule has 1 aromatic heterocycles. The van der Waals surface area contributed by atoms with Gasteiger partial charge in [-0.1, -0.05) is 26.8 Å². The summed E-state index contributed by atoms with van der Waals surface area (Å²) in [6.45, 7) is 12.6. The quantitative estimate of drug-likeness (QED) is 0.613. The molecule has 3 rings (SSSR count). The first kappa shape index (κ1) is 23.8. The van der Waals surface area contributed by atoms with E-state index < -0.39 is 6.04 Å². The zero-order valence-corrected chi connectivity index (χ0v) is 20.0. The molecule has 8 nitrogen and oxygen atoms in total. The lowest BCUT2D eigenvalue weighted by Gasteiger charge is -2.35. The Morgan fingerprint density at radius 2 is 2.03 bits per heavy atom. The van der Waals surface area contributed by atoms with Gasteiger partial charge in [0.15, 0.2) is 0 Å². The number of aromatic nitrogens is 2. The van der Waals surface area contributed by atoms with Crippen molar-refractivity contribution in [2.45, 2.75) is 65.6 Å². The van der Waals surface area contributed by atoms with Crippen LogP contribution >= 0.6 is 0 Å². The van der Waals surface area contributed by atoms with Crippen molar-refractivity contribution < 1.29 is 14.3 Å². The number of ether oxygens (including phenoxy) is 1. The Balaban J connectivity index is 1.64. The van der Waals surface area contributed by atoms with Crippen molar-refractivity contribution in [1.29, 1.82) is 0 Å². The first-order valence-electron chi connectivity index (χ1n) is 11.1. The molecule has 1 aliphatic rings. The number of hydrogen-bond acceptors (Lipinski definition) is 5. The molecule has 1 fully saturated rings. The predicted molar refractivity (Wildman–Crippen MR) is 123 cm³/mol. The Morgan fingerprint density at radius 3 is 2.69 bits per heavy atom. The Bertz CT molecular complexity index is 976. The summed E-state index contributed by atoms with van der Waals surface area (Å²) < 4.78 is 5.41. The molecular weight excluding hydrogens is 406 g/mol. The minimum Gasteiger partial charge on any atom is -0.496 e. The highest BCUT2D eigenvalue weighted by Crippen LogP contribution is 2.26. The number of aromatic amines is 1. The van der Waals surface area contributed by atoms with E-state index in [1.165, 1.54) is 0 Å². The fraction of sp³-hybridized carbons (Fsp3) is 0.542. The zero-order chi connectivity index (χ0) is 23.5. The summed E-state index contributed by atoms with van der Waals surface area (Å²) >= 11 is 0. The van der Waals surface area contributed by atoms with Crippen LogP contribution in [0.25, 0.3) is 0 Å². The highest BCUT2D eigenvalue weighted by atomic mass is 16.5. The number of piperazine rings is 1. The van der Waals surface area contributed by atoms with Gasteiger partial charge < -0.3 is 15.4 Å². The fourth-order valence-electron chi connectivity index (χ4n) is 3.91. The van der Waals surface area contributed by atoms with E-state index in [4.69, 9.17) is 4.74 Å². The van der Waals surface area contributed by atoms with Crippen molar-refractivity contribution in [2.75, 3.05) is 20.2 Å². The van der Waals surface area contributed by atoms with Crippen LogP contribution < -0.4 is 15.4 Å². The van der Waals surface area contributed by atoms with Gasteiger partial charge in [-0.25, -0.2) is 0 Å². The number of nitrogens with zero attached hydrogens (tertiary/aromatic N) is 2. The van der Waals surface area contributed by atoms with E-state index in [-0.39, 0.29) is 23.7 Å². The van der Waals surface area contributed by atoms with Crippen LogP contribution in [0, 0.1) is 13.8 Å². The molecule has 3 N–H and O–H groups in total. The number of rotatable bonds is 7. The summed E-state index contributed by atoms with van der Waals surface area (Å²) in [5.74, 6) is 0.587. The van der Waals surface area contributed by atoms with Gasteiger partial charge >= 0.3 is 0 Å². The molecule has 0 radical (unpaired) electrons. The SMILES string of the molecule is COc1ccc(CN2CCNC(=O)C2CC(=O)NCc2cc(C(C)(C)C)n[nH]2)c(C)c1C.